The predicted molar refractivity (Wildman–Crippen MR) is 81.2 cm³/mol. The van der Waals surface area contributed by atoms with E-state index in [1.54, 1.807) is 6.20 Å². The first-order valence-electron chi connectivity index (χ1n) is 6.78. The van der Waals surface area contributed by atoms with Gasteiger partial charge in [-0.2, -0.15) is 0 Å². The molecule has 4 nitrogen and oxygen atoms in total. The fourth-order valence-electron chi connectivity index (χ4n) is 2.79. The van der Waals surface area contributed by atoms with Gasteiger partial charge in [0.1, 0.15) is 11.7 Å². The van der Waals surface area contributed by atoms with Gasteiger partial charge in [0.2, 0.25) is 0 Å². The maximum atomic E-state index is 7.79. The van der Waals surface area contributed by atoms with Crippen LogP contribution in [0.3, 0.4) is 0 Å². The normalized spacial score (nSPS) is 13.9. The van der Waals surface area contributed by atoms with Crippen molar-refractivity contribution in [2.24, 2.45) is 5.73 Å². The van der Waals surface area contributed by atoms with E-state index in [-0.39, 0.29) is 5.84 Å². The molecule has 2 heterocycles. The minimum absolute atomic E-state index is 0.0875. The van der Waals surface area contributed by atoms with Crippen molar-refractivity contribution in [3.8, 4) is 0 Å². The van der Waals surface area contributed by atoms with Crippen molar-refractivity contribution >= 4 is 11.7 Å². The molecule has 0 amide bonds. The molecule has 3 N–H and O–H groups in total. The number of nitrogen functional groups attached to an aromatic ring is 1. The summed E-state index contributed by atoms with van der Waals surface area (Å²) in [5, 5.41) is 7.79. The molecule has 20 heavy (non-hydrogen) atoms. The van der Waals surface area contributed by atoms with Crippen LogP contribution >= 0.6 is 0 Å². The van der Waals surface area contributed by atoms with Gasteiger partial charge in [0.15, 0.2) is 0 Å². The molecule has 0 radical (unpaired) electrons. The van der Waals surface area contributed by atoms with E-state index < -0.39 is 0 Å². The Morgan fingerprint density at radius 1 is 1.25 bits per heavy atom. The zero-order valence-corrected chi connectivity index (χ0v) is 11.6. The fourth-order valence-corrected chi connectivity index (χ4v) is 2.79. The number of amidine groups is 1. The van der Waals surface area contributed by atoms with Crippen molar-refractivity contribution < 1.29 is 0 Å². The van der Waals surface area contributed by atoms with E-state index >= 15 is 0 Å². The molecule has 1 aliphatic rings. The SMILES string of the molecule is Cc1ccnc(N2CCc3ccccc3C2)c1C(=N)N. The van der Waals surface area contributed by atoms with Gasteiger partial charge in [-0.15, -0.1) is 0 Å². The van der Waals surface area contributed by atoms with Gasteiger partial charge < -0.3 is 10.6 Å². The van der Waals surface area contributed by atoms with E-state index in [0.29, 0.717) is 0 Å². The number of nitrogens with two attached hydrogens (primary N) is 1. The molecule has 0 saturated carbocycles. The number of nitrogens with one attached hydrogen (secondary N) is 1. The van der Waals surface area contributed by atoms with E-state index in [1.165, 1.54) is 11.1 Å². The second-order valence-corrected chi connectivity index (χ2v) is 5.18. The highest BCUT2D eigenvalue weighted by Gasteiger charge is 2.21. The number of aromatic nitrogens is 1. The lowest BCUT2D eigenvalue weighted by Gasteiger charge is -2.31. The maximum Gasteiger partial charge on any atom is 0.140 e. The van der Waals surface area contributed by atoms with E-state index in [0.717, 1.165) is 36.5 Å². The Balaban J connectivity index is 2.00. The Morgan fingerprint density at radius 3 is 2.75 bits per heavy atom. The summed E-state index contributed by atoms with van der Waals surface area (Å²) < 4.78 is 0. The van der Waals surface area contributed by atoms with Crippen molar-refractivity contribution in [1.29, 1.82) is 5.41 Å². The van der Waals surface area contributed by atoms with Crippen molar-refractivity contribution in [3.63, 3.8) is 0 Å². The molecule has 0 fully saturated rings. The summed E-state index contributed by atoms with van der Waals surface area (Å²) >= 11 is 0. The topological polar surface area (TPSA) is 66.0 Å². The molecule has 0 spiro atoms. The van der Waals surface area contributed by atoms with Crippen molar-refractivity contribution in [2.45, 2.75) is 19.9 Å². The van der Waals surface area contributed by atoms with Gasteiger partial charge in [0, 0.05) is 19.3 Å². The van der Waals surface area contributed by atoms with Gasteiger partial charge in [0.05, 0.1) is 5.56 Å². The number of benzene rings is 1. The highest BCUT2D eigenvalue weighted by molar-refractivity contribution is 6.01. The molecule has 0 aliphatic carbocycles. The Hall–Kier alpha value is -2.36. The first-order valence-corrected chi connectivity index (χ1v) is 6.78. The molecule has 2 aromatic rings. The average molecular weight is 266 g/mol. The van der Waals surface area contributed by atoms with Crippen LogP contribution < -0.4 is 10.6 Å². The Labute approximate surface area is 118 Å². The molecule has 102 valence electrons. The summed E-state index contributed by atoms with van der Waals surface area (Å²) in [5.74, 6) is 0.913. The molecule has 3 rings (SSSR count). The zero-order chi connectivity index (χ0) is 14.1. The smallest absolute Gasteiger partial charge is 0.140 e. The molecule has 4 heteroatoms. The summed E-state index contributed by atoms with van der Waals surface area (Å²) in [5.41, 5.74) is 10.2. The van der Waals surface area contributed by atoms with E-state index in [9.17, 15) is 0 Å². The summed E-state index contributed by atoms with van der Waals surface area (Å²) in [4.78, 5) is 6.68. The average Bonchev–Trinajstić information content (AvgIpc) is 2.46. The van der Waals surface area contributed by atoms with Gasteiger partial charge in [-0.25, -0.2) is 4.98 Å². The van der Waals surface area contributed by atoms with E-state index in [2.05, 4.69) is 34.1 Å². The number of pyridine rings is 1. The second-order valence-electron chi connectivity index (χ2n) is 5.18. The third kappa shape index (κ3) is 2.13. The quantitative estimate of drug-likeness (QED) is 0.647. The zero-order valence-electron chi connectivity index (χ0n) is 11.6. The summed E-state index contributed by atoms with van der Waals surface area (Å²) in [6, 6.07) is 10.4. The molecule has 0 saturated heterocycles. The van der Waals surface area contributed by atoms with Crippen molar-refractivity contribution in [3.05, 3.63) is 58.8 Å². The van der Waals surface area contributed by atoms with Crippen LogP contribution in [0, 0.1) is 12.3 Å². The van der Waals surface area contributed by atoms with Crippen LogP contribution in [0.15, 0.2) is 36.5 Å². The summed E-state index contributed by atoms with van der Waals surface area (Å²) in [6.07, 6.45) is 2.79. The molecular formula is C16H18N4. The molecule has 1 aliphatic heterocycles. The molecule has 0 bridgehead atoms. The van der Waals surface area contributed by atoms with Crippen LogP contribution in [0.1, 0.15) is 22.3 Å². The van der Waals surface area contributed by atoms with Gasteiger partial charge in [-0.05, 0) is 36.1 Å². The second kappa shape index (κ2) is 4.96. The number of aryl methyl sites for hydroxylation is 1. The van der Waals surface area contributed by atoms with E-state index in [1.807, 2.05) is 13.0 Å². The third-order valence-corrected chi connectivity index (χ3v) is 3.84. The molecule has 0 unspecified atom stereocenters. The predicted octanol–water partition coefficient (Wildman–Crippen LogP) is 2.24. The van der Waals surface area contributed by atoms with Crippen LogP contribution in [0.5, 0.6) is 0 Å². The summed E-state index contributed by atoms with van der Waals surface area (Å²) in [6.45, 7) is 3.71. The number of fused-ring (bicyclic) bond motifs is 1. The highest BCUT2D eigenvalue weighted by Crippen LogP contribution is 2.26. The molecule has 1 aromatic heterocycles. The standard InChI is InChI=1S/C16H18N4/c1-11-6-8-19-16(14(11)15(17)18)20-9-7-12-4-2-3-5-13(12)10-20/h2-6,8H,7,9-10H2,1H3,(H3,17,18). The van der Waals surface area contributed by atoms with Crippen LogP contribution in [0.25, 0.3) is 0 Å². The fraction of sp³-hybridized carbons (Fsp3) is 0.250. The molecule has 0 atom stereocenters. The minimum Gasteiger partial charge on any atom is -0.384 e. The van der Waals surface area contributed by atoms with Gasteiger partial charge in [0.25, 0.3) is 0 Å². The number of hydrogen-bond acceptors (Lipinski definition) is 3. The van der Waals surface area contributed by atoms with E-state index in [4.69, 9.17) is 11.1 Å². The minimum atomic E-state index is 0.0875. The number of nitrogens with zero attached hydrogens (tertiary/aromatic N) is 2. The van der Waals surface area contributed by atoms with Gasteiger partial charge >= 0.3 is 0 Å². The highest BCUT2D eigenvalue weighted by atomic mass is 15.2. The third-order valence-electron chi connectivity index (χ3n) is 3.84. The Morgan fingerprint density at radius 2 is 2.00 bits per heavy atom. The van der Waals surface area contributed by atoms with Crippen molar-refractivity contribution in [1.82, 2.24) is 4.98 Å². The number of hydrogen-bond donors (Lipinski definition) is 2. The van der Waals surface area contributed by atoms with Gasteiger partial charge in [-0.1, -0.05) is 24.3 Å². The van der Waals surface area contributed by atoms with Crippen LogP contribution in [-0.2, 0) is 13.0 Å². The largest absolute Gasteiger partial charge is 0.384 e. The lowest BCUT2D eigenvalue weighted by molar-refractivity contribution is 0.719. The first-order chi connectivity index (χ1) is 9.66. The molecule has 1 aromatic carbocycles. The summed E-state index contributed by atoms with van der Waals surface area (Å²) in [7, 11) is 0. The number of anilines is 1. The Bertz CT molecular complexity index is 663. The molecular weight excluding hydrogens is 248 g/mol. The monoisotopic (exact) mass is 266 g/mol. The lowest BCUT2D eigenvalue weighted by atomic mass is 9.99. The van der Waals surface area contributed by atoms with Gasteiger partial charge in [-0.3, -0.25) is 5.41 Å². The maximum absolute atomic E-state index is 7.79. The lowest BCUT2D eigenvalue weighted by Crippen LogP contribution is -2.33. The van der Waals surface area contributed by atoms with Crippen LogP contribution in [-0.4, -0.2) is 17.4 Å². The Kier molecular flexibility index (Phi) is 3.14. The van der Waals surface area contributed by atoms with Crippen molar-refractivity contribution in [2.75, 3.05) is 11.4 Å². The number of rotatable bonds is 2. The van der Waals surface area contributed by atoms with Crippen LogP contribution in [0.2, 0.25) is 0 Å². The first kappa shape index (κ1) is 12.7. The van der Waals surface area contributed by atoms with Crippen LogP contribution in [0.4, 0.5) is 5.82 Å².